The number of carbonyl (C=O) groups is 1. The molecule has 2 rings (SSSR count). The first-order chi connectivity index (χ1) is 11.9. The lowest BCUT2D eigenvalue weighted by atomic mass is 10.0. The lowest BCUT2D eigenvalue weighted by molar-refractivity contribution is -0.114. The van der Waals surface area contributed by atoms with Crippen LogP contribution in [0.15, 0.2) is 53.6 Å². The number of amides is 1. The van der Waals surface area contributed by atoms with Crippen molar-refractivity contribution in [2.45, 2.75) is 26.7 Å². The maximum atomic E-state index is 11.0. The van der Waals surface area contributed by atoms with Gasteiger partial charge in [0.1, 0.15) is 0 Å². The van der Waals surface area contributed by atoms with E-state index < -0.39 is 0 Å². The Bertz CT molecular complexity index is 752. The van der Waals surface area contributed by atoms with Crippen LogP contribution in [0.1, 0.15) is 37.8 Å². The highest BCUT2D eigenvalue weighted by Gasteiger charge is 2.00. The first-order valence-electron chi connectivity index (χ1n) is 8.01. The molecule has 2 aromatic rings. The summed E-state index contributed by atoms with van der Waals surface area (Å²) in [5.74, 6) is 0.404. The van der Waals surface area contributed by atoms with Crippen molar-refractivity contribution in [1.29, 1.82) is 0 Å². The maximum Gasteiger partial charge on any atom is 0.221 e. The van der Waals surface area contributed by atoms with Gasteiger partial charge in [-0.2, -0.15) is 5.10 Å². The first-order valence-corrected chi connectivity index (χ1v) is 8.42. The van der Waals surface area contributed by atoms with E-state index in [1.54, 1.807) is 6.21 Å². The van der Waals surface area contributed by atoms with Gasteiger partial charge in [0.25, 0.3) is 0 Å². The number of anilines is 2. The number of carbonyl (C=O) groups excluding carboxylic acids is 1. The summed E-state index contributed by atoms with van der Waals surface area (Å²) in [7, 11) is 0. The smallest absolute Gasteiger partial charge is 0.221 e. The molecule has 0 aliphatic rings. The Morgan fingerprint density at radius 1 is 1.00 bits per heavy atom. The minimum Gasteiger partial charge on any atom is -0.331 e. The summed E-state index contributed by atoms with van der Waals surface area (Å²) in [5.41, 5.74) is 6.62. The van der Waals surface area contributed by atoms with Crippen molar-refractivity contribution >= 4 is 40.8 Å². The van der Waals surface area contributed by atoms with E-state index in [1.165, 1.54) is 12.5 Å². The summed E-state index contributed by atoms with van der Waals surface area (Å²) in [6.45, 7) is 5.79. The van der Waals surface area contributed by atoms with Crippen LogP contribution in [0, 0.1) is 0 Å². The summed E-state index contributed by atoms with van der Waals surface area (Å²) in [5, 5.41) is 10.3. The van der Waals surface area contributed by atoms with Gasteiger partial charge in [-0.25, -0.2) is 0 Å². The van der Waals surface area contributed by atoms with Gasteiger partial charge in [0.2, 0.25) is 5.91 Å². The molecule has 0 spiro atoms. The number of rotatable bonds is 5. The Kier molecular flexibility index (Phi) is 6.65. The molecule has 0 unspecified atom stereocenters. The highest BCUT2D eigenvalue weighted by Crippen LogP contribution is 2.17. The van der Waals surface area contributed by atoms with Gasteiger partial charge in [0.05, 0.1) is 6.21 Å². The van der Waals surface area contributed by atoms with Gasteiger partial charge in [0, 0.05) is 18.3 Å². The third-order valence-electron chi connectivity index (χ3n) is 3.45. The fourth-order valence-corrected chi connectivity index (χ4v) is 2.30. The number of nitrogens with one attached hydrogen (secondary N) is 3. The third-order valence-corrected chi connectivity index (χ3v) is 3.64. The molecule has 2 aromatic carbocycles. The number of hydrogen-bond donors (Lipinski definition) is 3. The highest BCUT2D eigenvalue weighted by atomic mass is 32.1. The summed E-state index contributed by atoms with van der Waals surface area (Å²) in [6, 6.07) is 15.5. The number of thiocarbonyl (C=S) groups is 1. The molecule has 0 radical (unpaired) electrons. The van der Waals surface area contributed by atoms with Crippen LogP contribution in [0.25, 0.3) is 0 Å². The van der Waals surface area contributed by atoms with E-state index in [2.05, 4.69) is 47.1 Å². The molecule has 0 aromatic heterocycles. The molecular formula is C19H22N4OS. The minimum atomic E-state index is -0.0964. The molecular weight excluding hydrogens is 332 g/mol. The van der Waals surface area contributed by atoms with E-state index in [4.69, 9.17) is 12.2 Å². The molecule has 25 heavy (non-hydrogen) atoms. The number of benzene rings is 2. The third kappa shape index (κ3) is 6.35. The SMILES string of the molecule is CC(=O)Nc1ccc(/C=N\NC(=S)Nc2ccc(C(C)C)cc2)cc1. The molecule has 0 saturated heterocycles. The van der Waals surface area contributed by atoms with Gasteiger partial charge in [-0.3, -0.25) is 10.2 Å². The Hall–Kier alpha value is -2.73. The summed E-state index contributed by atoms with van der Waals surface area (Å²) < 4.78 is 0. The molecule has 0 aliphatic carbocycles. The lowest BCUT2D eigenvalue weighted by Gasteiger charge is -2.09. The van der Waals surface area contributed by atoms with Gasteiger partial charge in [-0.05, 0) is 53.5 Å². The van der Waals surface area contributed by atoms with Crippen molar-refractivity contribution in [2.75, 3.05) is 10.6 Å². The molecule has 0 saturated carbocycles. The standard InChI is InChI=1S/C19H22N4OS/c1-13(2)16-6-10-18(11-7-16)22-19(25)23-20-12-15-4-8-17(9-5-15)21-14(3)24/h4-13H,1-3H3,(H,21,24)(H2,22,23,25)/b20-12-. The second-order valence-electron chi connectivity index (χ2n) is 5.90. The fourth-order valence-electron chi connectivity index (χ4n) is 2.13. The van der Waals surface area contributed by atoms with Gasteiger partial charge >= 0.3 is 0 Å². The molecule has 0 aliphatic heterocycles. The van der Waals surface area contributed by atoms with E-state index >= 15 is 0 Å². The number of nitrogens with zero attached hydrogens (tertiary/aromatic N) is 1. The van der Waals surface area contributed by atoms with Crippen LogP contribution >= 0.6 is 12.2 Å². The second kappa shape index (κ2) is 8.94. The Labute approximate surface area is 153 Å². The van der Waals surface area contributed by atoms with Crippen LogP contribution < -0.4 is 16.1 Å². The normalized spacial score (nSPS) is 10.7. The van der Waals surface area contributed by atoms with Crippen molar-refractivity contribution in [2.24, 2.45) is 5.10 Å². The first kappa shape index (κ1) is 18.6. The van der Waals surface area contributed by atoms with Crippen molar-refractivity contribution in [3.8, 4) is 0 Å². The molecule has 0 heterocycles. The van der Waals surface area contributed by atoms with E-state index in [0.717, 1.165) is 16.9 Å². The zero-order chi connectivity index (χ0) is 18.2. The van der Waals surface area contributed by atoms with Crippen molar-refractivity contribution < 1.29 is 4.79 Å². The average molecular weight is 354 g/mol. The monoisotopic (exact) mass is 354 g/mol. The van der Waals surface area contributed by atoms with Crippen molar-refractivity contribution in [3.63, 3.8) is 0 Å². The zero-order valence-corrected chi connectivity index (χ0v) is 15.4. The predicted octanol–water partition coefficient (Wildman–Crippen LogP) is 4.09. The van der Waals surface area contributed by atoms with Gasteiger partial charge < -0.3 is 10.6 Å². The van der Waals surface area contributed by atoms with Crippen LogP contribution in [0.5, 0.6) is 0 Å². The van der Waals surface area contributed by atoms with Crippen LogP contribution in [0.2, 0.25) is 0 Å². The minimum absolute atomic E-state index is 0.0964. The van der Waals surface area contributed by atoms with Crippen molar-refractivity contribution in [1.82, 2.24) is 5.43 Å². The number of hydrogen-bond acceptors (Lipinski definition) is 3. The average Bonchev–Trinajstić information content (AvgIpc) is 2.56. The summed E-state index contributed by atoms with van der Waals surface area (Å²) in [6.07, 6.45) is 1.66. The van der Waals surface area contributed by atoms with Crippen LogP contribution in [-0.2, 0) is 4.79 Å². The van der Waals surface area contributed by atoms with Gasteiger partial charge in [-0.15, -0.1) is 0 Å². The lowest BCUT2D eigenvalue weighted by Crippen LogP contribution is -2.23. The topological polar surface area (TPSA) is 65.5 Å². The quantitative estimate of drug-likeness (QED) is 0.430. The van der Waals surface area contributed by atoms with E-state index in [0.29, 0.717) is 11.0 Å². The van der Waals surface area contributed by atoms with E-state index in [1.807, 2.05) is 36.4 Å². The highest BCUT2D eigenvalue weighted by molar-refractivity contribution is 7.80. The molecule has 5 nitrogen and oxygen atoms in total. The van der Waals surface area contributed by atoms with Gasteiger partial charge in [-0.1, -0.05) is 38.1 Å². The largest absolute Gasteiger partial charge is 0.331 e. The second-order valence-corrected chi connectivity index (χ2v) is 6.31. The van der Waals surface area contributed by atoms with Crippen molar-refractivity contribution in [3.05, 3.63) is 59.7 Å². The molecule has 3 N–H and O–H groups in total. The number of hydrazone groups is 1. The Balaban J connectivity index is 1.84. The molecule has 0 fully saturated rings. The fraction of sp³-hybridized carbons (Fsp3) is 0.211. The Morgan fingerprint density at radius 3 is 2.12 bits per heavy atom. The summed E-state index contributed by atoms with van der Waals surface area (Å²) >= 11 is 5.22. The molecule has 6 heteroatoms. The molecule has 0 bridgehead atoms. The molecule has 1 amide bonds. The zero-order valence-electron chi connectivity index (χ0n) is 14.5. The van der Waals surface area contributed by atoms with E-state index in [-0.39, 0.29) is 5.91 Å². The molecule has 130 valence electrons. The van der Waals surface area contributed by atoms with Gasteiger partial charge in [0.15, 0.2) is 5.11 Å². The summed E-state index contributed by atoms with van der Waals surface area (Å²) in [4.78, 5) is 11.0. The Morgan fingerprint density at radius 2 is 1.56 bits per heavy atom. The van der Waals surface area contributed by atoms with Crippen LogP contribution in [-0.4, -0.2) is 17.2 Å². The maximum absolute atomic E-state index is 11.0. The van der Waals surface area contributed by atoms with E-state index in [9.17, 15) is 4.79 Å². The van der Waals surface area contributed by atoms with Crippen LogP contribution in [0.4, 0.5) is 11.4 Å². The van der Waals surface area contributed by atoms with Crippen LogP contribution in [0.3, 0.4) is 0 Å². The predicted molar refractivity (Wildman–Crippen MR) is 108 cm³/mol. The molecule has 0 atom stereocenters.